The van der Waals surface area contributed by atoms with Crippen LogP contribution in [0.1, 0.15) is 52.9 Å². The standard InChI is InChI=1S/C20H28O6/c1-12-7-5-8-19(3,26-23)9-6-10-20(4)15(25-20)11-14-13(2)18(22)24-17(14)16(12)21/h6,9,12,14-15,17,23H,2,5,7-8,10-11H2,1,3-4H3/b9-6+/t12-,14+,15-,17-,19+,20-/m1/s1. The summed E-state index contributed by atoms with van der Waals surface area (Å²) in [7, 11) is 0. The molecule has 2 saturated heterocycles. The number of ether oxygens (including phenoxy) is 2. The molecule has 6 nitrogen and oxygen atoms in total. The third-order valence-corrected chi connectivity index (χ3v) is 6.09. The molecule has 3 aliphatic rings. The van der Waals surface area contributed by atoms with Crippen LogP contribution in [0.4, 0.5) is 0 Å². The topological polar surface area (TPSA) is 85.4 Å². The van der Waals surface area contributed by atoms with E-state index in [1.807, 2.05) is 32.9 Å². The van der Waals surface area contributed by atoms with Crippen molar-refractivity contribution in [3.05, 3.63) is 24.3 Å². The van der Waals surface area contributed by atoms with Gasteiger partial charge < -0.3 is 9.47 Å². The number of rotatable bonds is 1. The Morgan fingerprint density at radius 2 is 2.08 bits per heavy atom. The lowest BCUT2D eigenvalue weighted by Gasteiger charge is -2.24. The number of esters is 1. The van der Waals surface area contributed by atoms with E-state index < -0.39 is 17.7 Å². The van der Waals surface area contributed by atoms with Gasteiger partial charge in [-0.05, 0) is 46.0 Å². The minimum atomic E-state index is -0.787. The molecular formula is C20H28O6. The number of hydrogen-bond acceptors (Lipinski definition) is 6. The molecule has 2 aliphatic heterocycles. The summed E-state index contributed by atoms with van der Waals surface area (Å²) < 4.78 is 11.2. The Morgan fingerprint density at radius 3 is 2.77 bits per heavy atom. The number of hydrogen-bond donors (Lipinski definition) is 1. The van der Waals surface area contributed by atoms with Crippen molar-refractivity contribution in [2.45, 2.75) is 76.3 Å². The van der Waals surface area contributed by atoms with Crippen LogP contribution in [0.15, 0.2) is 24.3 Å². The van der Waals surface area contributed by atoms with Crippen molar-refractivity contribution in [3.8, 4) is 0 Å². The van der Waals surface area contributed by atoms with Crippen LogP contribution in [0.3, 0.4) is 0 Å². The first kappa shape index (κ1) is 19.3. The fourth-order valence-electron chi connectivity index (χ4n) is 4.01. The van der Waals surface area contributed by atoms with E-state index in [1.165, 1.54) is 0 Å². The molecule has 0 radical (unpaired) electrons. The molecule has 0 aromatic rings. The zero-order valence-corrected chi connectivity index (χ0v) is 15.7. The summed E-state index contributed by atoms with van der Waals surface area (Å²) >= 11 is 0. The van der Waals surface area contributed by atoms with Crippen molar-refractivity contribution in [3.63, 3.8) is 0 Å². The van der Waals surface area contributed by atoms with E-state index in [-0.39, 0.29) is 29.3 Å². The van der Waals surface area contributed by atoms with Crippen LogP contribution in [-0.2, 0) is 24.0 Å². The smallest absolute Gasteiger partial charge is 0.334 e. The van der Waals surface area contributed by atoms with E-state index in [0.29, 0.717) is 37.7 Å². The van der Waals surface area contributed by atoms with Gasteiger partial charge in [0.05, 0.1) is 11.7 Å². The Balaban J connectivity index is 1.84. The molecule has 6 heteroatoms. The highest BCUT2D eigenvalue weighted by atomic mass is 17.1. The zero-order chi connectivity index (χ0) is 19.1. The predicted octanol–water partition coefficient (Wildman–Crippen LogP) is 3.22. The van der Waals surface area contributed by atoms with E-state index in [0.717, 1.165) is 0 Å². The molecule has 0 bridgehead atoms. The SMILES string of the molecule is C=C1C(=O)O[C@H]2C(=O)[C@H](C)CCC[C@](C)(OO)/C=C/C[C@@]3(C)O[C@@H]3C[C@@H]12. The molecule has 144 valence electrons. The molecule has 1 aliphatic carbocycles. The van der Waals surface area contributed by atoms with Crippen molar-refractivity contribution >= 4 is 11.8 Å². The average Bonchev–Trinajstić information content (AvgIpc) is 3.15. The van der Waals surface area contributed by atoms with Crippen LogP contribution >= 0.6 is 0 Å². The lowest BCUT2D eigenvalue weighted by atomic mass is 9.82. The highest BCUT2D eigenvalue weighted by Crippen LogP contribution is 2.47. The third kappa shape index (κ3) is 3.63. The molecule has 1 N–H and O–H groups in total. The maximum absolute atomic E-state index is 12.9. The molecule has 0 amide bonds. The number of ketones is 1. The minimum absolute atomic E-state index is 0.0572. The summed E-state index contributed by atoms with van der Waals surface area (Å²) in [4.78, 5) is 29.5. The number of carbonyl (C=O) groups excluding carboxylic acids is 2. The van der Waals surface area contributed by atoms with Gasteiger partial charge >= 0.3 is 5.97 Å². The molecule has 3 rings (SSSR count). The number of Topliss-reactive ketones (excluding diaryl/α,β-unsaturated/α-hetero) is 1. The largest absolute Gasteiger partial charge is 0.450 e. The third-order valence-electron chi connectivity index (χ3n) is 6.09. The second-order valence-corrected chi connectivity index (χ2v) is 8.32. The fourth-order valence-corrected chi connectivity index (χ4v) is 4.01. The van der Waals surface area contributed by atoms with Gasteiger partial charge in [0.1, 0.15) is 5.60 Å². The van der Waals surface area contributed by atoms with Crippen LogP contribution in [0.25, 0.3) is 0 Å². The molecule has 0 spiro atoms. The molecular weight excluding hydrogens is 336 g/mol. The van der Waals surface area contributed by atoms with Crippen molar-refractivity contribution in [1.82, 2.24) is 0 Å². The summed E-state index contributed by atoms with van der Waals surface area (Å²) in [6.45, 7) is 9.52. The van der Waals surface area contributed by atoms with Gasteiger partial charge in [0.25, 0.3) is 0 Å². The second-order valence-electron chi connectivity index (χ2n) is 8.32. The predicted molar refractivity (Wildman–Crippen MR) is 94.3 cm³/mol. The van der Waals surface area contributed by atoms with Crippen molar-refractivity contribution in [2.24, 2.45) is 11.8 Å². The Labute approximate surface area is 154 Å². The summed E-state index contributed by atoms with van der Waals surface area (Å²) in [5, 5.41) is 9.28. The van der Waals surface area contributed by atoms with Gasteiger partial charge in [0, 0.05) is 17.4 Å². The molecule has 0 saturated carbocycles. The van der Waals surface area contributed by atoms with Crippen molar-refractivity contribution < 1.29 is 29.2 Å². The van der Waals surface area contributed by atoms with Gasteiger partial charge in [0.15, 0.2) is 11.9 Å². The number of epoxide rings is 1. The van der Waals surface area contributed by atoms with Crippen molar-refractivity contribution in [2.75, 3.05) is 0 Å². The van der Waals surface area contributed by atoms with Gasteiger partial charge in [0.2, 0.25) is 0 Å². The van der Waals surface area contributed by atoms with Crippen LogP contribution < -0.4 is 0 Å². The van der Waals surface area contributed by atoms with Crippen molar-refractivity contribution in [1.29, 1.82) is 0 Å². The molecule has 2 fully saturated rings. The molecule has 0 unspecified atom stereocenters. The molecule has 0 aromatic heterocycles. The van der Waals surface area contributed by atoms with Gasteiger partial charge in [-0.3, -0.25) is 10.1 Å². The van der Waals surface area contributed by atoms with Gasteiger partial charge in [-0.1, -0.05) is 25.7 Å². The van der Waals surface area contributed by atoms with E-state index in [2.05, 4.69) is 11.5 Å². The van der Waals surface area contributed by atoms with Crippen LogP contribution in [0, 0.1) is 11.8 Å². The lowest BCUT2D eigenvalue weighted by molar-refractivity contribution is -0.304. The van der Waals surface area contributed by atoms with E-state index in [1.54, 1.807) is 0 Å². The summed E-state index contributed by atoms with van der Waals surface area (Å²) in [5.41, 5.74) is -0.760. The fraction of sp³-hybridized carbons (Fsp3) is 0.700. The first-order valence-corrected chi connectivity index (χ1v) is 9.31. The Bertz CT molecular complexity index is 640. The molecule has 6 atom stereocenters. The monoisotopic (exact) mass is 364 g/mol. The van der Waals surface area contributed by atoms with Gasteiger partial charge in [-0.2, -0.15) is 0 Å². The normalized spacial score (nSPS) is 45.3. The van der Waals surface area contributed by atoms with E-state index in [4.69, 9.17) is 9.47 Å². The first-order chi connectivity index (χ1) is 12.2. The zero-order valence-electron chi connectivity index (χ0n) is 15.7. The average molecular weight is 364 g/mol. The van der Waals surface area contributed by atoms with Crippen LogP contribution in [0.5, 0.6) is 0 Å². The Morgan fingerprint density at radius 1 is 1.35 bits per heavy atom. The summed E-state index contributed by atoms with van der Waals surface area (Å²) in [6.07, 6.45) is 6.15. The first-order valence-electron chi connectivity index (χ1n) is 9.31. The second kappa shape index (κ2) is 6.91. The van der Waals surface area contributed by atoms with Gasteiger partial charge in [-0.25, -0.2) is 9.68 Å². The van der Waals surface area contributed by atoms with Crippen LogP contribution in [-0.4, -0.2) is 40.4 Å². The number of carbonyl (C=O) groups is 2. The minimum Gasteiger partial charge on any atom is -0.450 e. The molecule has 26 heavy (non-hydrogen) atoms. The Kier molecular flexibility index (Phi) is 5.12. The summed E-state index contributed by atoms with van der Waals surface area (Å²) in [6, 6.07) is 0. The van der Waals surface area contributed by atoms with Gasteiger partial charge in [-0.15, -0.1) is 0 Å². The van der Waals surface area contributed by atoms with E-state index in [9.17, 15) is 14.8 Å². The maximum Gasteiger partial charge on any atom is 0.334 e. The van der Waals surface area contributed by atoms with E-state index >= 15 is 0 Å². The Hall–Kier alpha value is -1.50. The maximum atomic E-state index is 12.9. The highest BCUT2D eigenvalue weighted by molar-refractivity contribution is 5.98. The number of fused-ring (bicyclic) bond motifs is 2. The molecule has 2 heterocycles. The van der Waals surface area contributed by atoms with Crippen LogP contribution in [0.2, 0.25) is 0 Å². The quantitative estimate of drug-likeness (QED) is 0.192. The molecule has 0 aromatic carbocycles. The lowest BCUT2D eigenvalue weighted by Crippen LogP contribution is -2.33. The summed E-state index contributed by atoms with van der Waals surface area (Å²) in [5.74, 6) is -1.11. The highest BCUT2D eigenvalue weighted by Gasteiger charge is 2.55.